The van der Waals surface area contributed by atoms with Crippen LogP contribution in [-0.4, -0.2) is 101 Å². The van der Waals surface area contributed by atoms with E-state index in [1.807, 2.05) is 48.5 Å². The molecule has 10 nitrogen and oxygen atoms in total. The fraction of sp³-hybridized carbons (Fsp3) is 0.386. The summed E-state index contributed by atoms with van der Waals surface area (Å²) in [5, 5.41) is 12.7. The Morgan fingerprint density at radius 1 is 0.690 bits per heavy atom. The lowest BCUT2D eigenvalue weighted by atomic mass is 10.2. The summed E-state index contributed by atoms with van der Waals surface area (Å²) in [6.07, 6.45) is 2.68. The summed E-state index contributed by atoms with van der Waals surface area (Å²) in [5.74, 6) is -0.443. The first-order valence-corrected chi connectivity index (χ1v) is 21.0. The van der Waals surface area contributed by atoms with Crippen LogP contribution in [0.2, 0.25) is 0 Å². The average molecular weight is 878 g/mol. The third-order valence-corrected chi connectivity index (χ3v) is 8.99. The van der Waals surface area contributed by atoms with Crippen molar-refractivity contribution in [3.8, 4) is 0 Å². The molecule has 0 saturated carbocycles. The summed E-state index contributed by atoms with van der Waals surface area (Å²) in [6, 6.07) is 39.1. The third kappa shape index (κ3) is 20.8. The zero-order valence-corrected chi connectivity index (χ0v) is 35.7. The van der Waals surface area contributed by atoms with Gasteiger partial charge < -0.3 is 24.6 Å². The van der Waals surface area contributed by atoms with Gasteiger partial charge in [0.05, 0.1) is 22.6 Å². The molecule has 3 saturated heterocycles. The minimum Gasteiger partial charge on any atom is -0.457 e. The standard InChI is InChI=1S/C18H19NO2.C11H13NO2.C11H15NO.C3H4Cl2O2.CH2Cl2/c20-18(16-9-5-2-6-10-16)21-17-11-12-19(14-17)13-15-7-3-1-4-8-15;13-11(9-4-2-1-3-5-9)14-10-6-7-12-8-10;13-11-6-7-12(9-11)8-10-4-2-1-3-5-10;1-2(4)7-3(5)6;2-1-3/h1-10,17H,11-14H2;1-5,10,12H,6-8H2;1-5,11,13H,6-9H2;2H,1H3;1H2/t17-;10-;11-;;/m000../s1. The average Bonchev–Trinajstić information content (AvgIpc) is 4.00. The molecule has 14 heteroatoms. The summed E-state index contributed by atoms with van der Waals surface area (Å²) in [4.78, 5) is 37.9. The Bertz CT molecular complexity index is 1710. The number of ether oxygens (including phenoxy) is 3. The van der Waals surface area contributed by atoms with E-state index in [2.05, 4.69) is 68.4 Å². The van der Waals surface area contributed by atoms with Crippen molar-refractivity contribution < 1.29 is 33.7 Å². The number of aliphatic hydroxyl groups is 1. The summed E-state index contributed by atoms with van der Waals surface area (Å²) in [6.45, 7) is 8.74. The van der Waals surface area contributed by atoms with Gasteiger partial charge in [-0.15, -0.1) is 23.2 Å². The van der Waals surface area contributed by atoms with Crippen molar-refractivity contribution in [3.05, 3.63) is 144 Å². The number of likely N-dealkylation sites (tertiary alicyclic amines) is 2. The van der Waals surface area contributed by atoms with Gasteiger partial charge in [0.1, 0.15) is 12.2 Å². The second kappa shape index (κ2) is 28.7. The number of hydrogen-bond acceptors (Lipinski definition) is 10. The smallest absolute Gasteiger partial charge is 0.405 e. The van der Waals surface area contributed by atoms with Gasteiger partial charge in [0.2, 0.25) is 0 Å². The van der Waals surface area contributed by atoms with Crippen molar-refractivity contribution in [2.75, 3.05) is 44.6 Å². The van der Waals surface area contributed by atoms with Crippen LogP contribution in [0.25, 0.3) is 0 Å². The van der Waals surface area contributed by atoms with E-state index in [4.69, 9.17) is 55.9 Å². The highest BCUT2D eigenvalue weighted by Gasteiger charge is 2.26. The van der Waals surface area contributed by atoms with Gasteiger partial charge in [0.15, 0.2) is 5.56 Å². The van der Waals surface area contributed by atoms with Crippen LogP contribution >= 0.6 is 46.4 Å². The number of carbonyl (C=O) groups excluding carboxylic acids is 3. The van der Waals surface area contributed by atoms with Gasteiger partial charge in [0, 0.05) is 57.4 Å². The Morgan fingerprint density at radius 2 is 1.12 bits per heavy atom. The number of carbonyl (C=O) groups is 3. The van der Waals surface area contributed by atoms with Gasteiger partial charge in [-0.1, -0.05) is 109 Å². The maximum absolute atomic E-state index is 12.0. The molecule has 1 unspecified atom stereocenters. The number of rotatable bonds is 9. The van der Waals surface area contributed by atoms with Crippen molar-refractivity contribution >= 4 is 63.8 Å². The van der Waals surface area contributed by atoms with Crippen LogP contribution in [0.5, 0.6) is 0 Å². The Hall–Kier alpha value is -3.71. The number of β-amino-alcohol motifs (C(OH)–C–C–N with tert-alkyl or cyclic N) is 1. The molecule has 0 bridgehead atoms. The van der Waals surface area contributed by atoms with Crippen molar-refractivity contribution in [3.63, 3.8) is 0 Å². The number of nitrogens with zero attached hydrogens (tertiary/aromatic N) is 2. The van der Waals surface area contributed by atoms with E-state index in [9.17, 15) is 19.5 Å². The topological polar surface area (TPSA) is 118 Å². The second-order valence-corrected chi connectivity index (χ2v) is 15.2. The number of esters is 2. The van der Waals surface area contributed by atoms with E-state index in [0.29, 0.717) is 11.1 Å². The highest BCUT2D eigenvalue weighted by Crippen LogP contribution is 2.18. The molecule has 0 aromatic heterocycles. The Balaban J connectivity index is 0.000000214. The molecule has 0 aliphatic carbocycles. The van der Waals surface area contributed by atoms with E-state index in [0.717, 1.165) is 71.6 Å². The largest absolute Gasteiger partial charge is 0.457 e. The molecule has 7 rings (SSSR count). The first-order chi connectivity index (χ1) is 28.1. The fourth-order valence-corrected chi connectivity index (χ4v) is 6.38. The summed E-state index contributed by atoms with van der Waals surface area (Å²) < 4.78 is 15.0. The van der Waals surface area contributed by atoms with E-state index in [1.54, 1.807) is 24.3 Å². The highest BCUT2D eigenvalue weighted by atomic mass is 35.5. The van der Waals surface area contributed by atoms with E-state index in [1.165, 1.54) is 18.1 Å². The maximum Gasteiger partial charge on any atom is 0.405 e. The van der Waals surface area contributed by atoms with Crippen LogP contribution in [0.4, 0.5) is 4.79 Å². The molecule has 4 atom stereocenters. The molecular weight excluding hydrogens is 824 g/mol. The Kier molecular flexibility index (Phi) is 24.1. The van der Waals surface area contributed by atoms with Crippen LogP contribution in [0.1, 0.15) is 58.0 Å². The molecule has 4 aromatic rings. The number of hydrogen-bond donors (Lipinski definition) is 2. The predicted molar refractivity (Wildman–Crippen MR) is 232 cm³/mol. The van der Waals surface area contributed by atoms with Crippen LogP contribution in [0.3, 0.4) is 0 Å². The number of benzene rings is 4. The zero-order valence-electron chi connectivity index (χ0n) is 32.6. The lowest BCUT2D eigenvalue weighted by Gasteiger charge is -2.16. The SMILES string of the molecule is CC(Cl)OC(=O)Cl.ClCCl.O=C(O[C@H]1CCN(Cc2ccccc2)C1)c1ccccc1.O=C(O[C@H]1CCNC1)c1ccccc1.O[C@H]1CCN(Cc2ccccc2)C1. The minimum atomic E-state index is -0.873. The molecule has 0 radical (unpaired) electrons. The van der Waals surface area contributed by atoms with Crippen molar-refractivity contribution in [2.45, 2.75) is 63.2 Å². The highest BCUT2D eigenvalue weighted by molar-refractivity contribution is 6.61. The number of alkyl halides is 3. The van der Waals surface area contributed by atoms with E-state index >= 15 is 0 Å². The zero-order chi connectivity index (χ0) is 42.0. The lowest BCUT2D eigenvalue weighted by Crippen LogP contribution is -2.24. The number of nitrogens with one attached hydrogen (secondary N) is 1. The van der Waals surface area contributed by atoms with Crippen molar-refractivity contribution in [1.82, 2.24) is 15.1 Å². The quantitative estimate of drug-likeness (QED) is 0.0731. The fourth-order valence-electron chi connectivity index (χ4n) is 6.12. The molecule has 0 amide bonds. The maximum atomic E-state index is 12.0. The van der Waals surface area contributed by atoms with E-state index < -0.39 is 11.0 Å². The summed E-state index contributed by atoms with van der Waals surface area (Å²) >= 11 is 19.4. The first-order valence-electron chi connectivity index (χ1n) is 19.1. The summed E-state index contributed by atoms with van der Waals surface area (Å²) in [7, 11) is 0. The molecule has 314 valence electrons. The minimum absolute atomic E-state index is 0.00131. The van der Waals surface area contributed by atoms with Gasteiger partial charge in [-0.3, -0.25) is 9.80 Å². The van der Waals surface area contributed by atoms with Gasteiger partial charge in [-0.25, -0.2) is 14.4 Å². The Labute approximate surface area is 362 Å². The number of aliphatic hydroxyl groups excluding tert-OH is 1. The molecule has 3 heterocycles. The van der Waals surface area contributed by atoms with Crippen LogP contribution in [0.15, 0.2) is 121 Å². The summed E-state index contributed by atoms with van der Waals surface area (Å²) in [5.41, 5.74) is 2.37. The normalized spacial score (nSPS) is 18.9. The monoisotopic (exact) mass is 875 g/mol. The van der Waals surface area contributed by atoms with Gasteiger partial charge in [-0.05, 0) is 68.1 Å². The van der Waals surface area contributed by atoms with Crippen LogP contribution in [0, 0.1) is 0 Å². The molecule has 4 aromatic carbocycles. The van der Waals surface area contributed by atoms with E-state index in [-0.39, 0.29) is 35.6 Å². The van der Waals surface area contributed by atoms with Gasteiger partial charge in [-0.2, -0.15) is 0 Å². The molecule has 3 aliphatic rings. The Morgan fingerprint density at radius 3 is 1.50 bits per heavy atom. The molecule has 3 aliphatic heterocycles. The molecule has 2 N–H and O–H groups in total. The molecule has 3 fully saturated rings. The molecule has 58 heavy (non-hydrogen) atoms. The van der Waals surface area contributed by atoms with Crippen LogP contribution in [-0.2, 0) is 27.3 Å². The predicted octanol–water partition coefficient (Wildman–Crippen LogP) is 8.94. The number of halogens is 4. The van der Waals surface area contributed by atoms with Gasteiger partial charge >= 0.3 is 17.4 Å². The second-order valence-electron chi connectivity index (χ2n) is 13.5. The third-order valence-electron chi connectivity index (χ3n) is 8.81. The van der Waals surface area contributed by atoms with Crippen molar-refractivity contribution in [1.29, 1.82) is 0 Å². The van der Waals surface area contributed by atoms with Crippen LogP contribution < -0.4 is 5.32 Å². The van der Waals surface area contributed by atoms with Crippen molar-refractivity contribution in [2.24, 2.45) is 0 Å². The molecule has 0 spiro atoms. The van der Waals surface area contributed by atoms with Gasteiger partial charge in [0.25, 0.3) is 0 Å². The first kappa shape index (κ1) is 48.7. The molecular formula is C44H53Cl4N3O7. The lowest BCUT2D eigenvalue weighted by molar-refractivity contribution is 0.0317.